The molecule has 0 saturated carbocycles. The predicted octanol–water partition coefficient (Wildman–Crippen LogP) is 0.989. The second-order valence-electron chi connectivity index (χ2n) is 1.74. The van der Waals surface area contributed by atoms with E-state index in [0.717, 1.165) is 12.8 Å². The zero-order chi connectivity index (χ0) is 5.33. The van der Waals surface area contributed by atoms with Gasteiger partial charge >= 0.3 is 0 Å². The van der Waals surface area contributed by atoms with E-state index in [2.05, 4.69) is 0 Å². The van der Waals surface area contributed by atoms with Crippen LogP contribution in [-0.2, 0) is 9.73 Å². The van der Waals surface area contributed by atoms with E-state index >= 15 is 0 Å². The lowest BCUT2D eigenvalue weighted by Crippen LogP contribution is -1.91. The van der Waals surface area contributed by atoms with Crippen molar-refractivity contribution in [1.29, 1.82) is 4.78 Å². The standard InChI is InChI=1S/C4H8NOS/c5-7(6)3-1-2-4-7/h3,5H,1-2,4H2. The van der Waals surface area contributed by atoms with Crippen LogP contribution in [0.2, 0.25) is 0 Å². The summed E-state index contributed by atoms with van der Waals surface area (Å²) in [5, 5.41) is 0. The van der Waals surface area contributed by atoms with Gasteiger partial charge in [0.25, 0.3) is 0 Å². The summed E-state index contributed by atoms with van der Waals surface area (Å²) in [5.41, 5.74) is 0. The molecule has 1 radical (unpaired) electrons. The van der Waals surface area contributed by atoms with E-state index in [9.17, 15) is 4.21 Å². The molecule has 1 aliphatic rings. The largest absolute Gasteiger partial charge is 0.253 e. The zero-order valence-electron chi connectivity index (χ0n) is 4.02. The molecule has 0 aromatic carbocycles. The first-order chi connectivity index (χ1) is 3.21. The fourth-order valence-electron chi connectivity index (χ4n) is 0.655. The quantitative estimate of drug-likeness (QED) is 0.506. The first-order valence-electron chi connectivity index (χ1n) is 2.30. The second kappa shape index (κ2) is 1.47. The molecule has 1 fully saturated rings. The van der Waals surface area contributed by atoms with Crippen LogP contribution in [0.4, 0.5) is 0 Å². The molecule has 1 unspecified atom stereocenters. The Labute approximate surface area is 43.9 Å². The van der Waals surface area contributed by atoms with Crippen LogP contribution in [0.1, 0.15) is 12.8 Å². The highest BCUT2D eigenvalue weighted by Crippen LogP contribution is 2.14. The Morgan fingerprint density at radius 3 is 2.57 bits per heavy atom. The van der Waals surface area contributed by atoms with Gasteiger partial charge in [0.2, 0.25) is 0 Å². The van der Waals surface area contributed by atoms with Crippen molar-refractivity contribution in [3.05, 3.63) is 5.75 Å². The van der Waals surface area contributed by atoms with E-state index in [1.807, 2.05) is 0 Å². The molecule has 0 aromatic rings. The number of hydrogen-bond donors (Lipinski definition) is 1. The molecule has 0 spiro atoms. The minimum atomic E-state index is -2.17. The maximum Gasteiger partial charge on any atom is 0.0580 e. The molecule has 1 aliphatic heterocycles. The van der Waals surface area contributed by atoms with Crippen molar-refractivity contribution in [2.24, 2.45) is 0 Å². The lowest BCUT2D eigenvalue weighted by Gasteiger charge is -1.86. The summed E-state index contributed by atoms with van der Waals surface area (Å²) in [6.45, 7) is 0. The van der Waals surface area contributed by atoms with Gasteiger partial charge in [-0.3, -0.25) is 4.78 Å². The van der Waals surface area contributed by atoms with Crippen LogP contribution >= 0.6 is 0 Å². The lowest BCUT2D eigenvalue weighted by molar-refractivity contribution is 0.681. The van der Waals surface area contributed by atoms with Gasteiger partial charge in [0.1, 0.15) is 0 Å². The van der Waals surface area contributed by atoms with E-state index in [1.54, 1.807) is 5.75 Å². The fourth-order valence-corrected chi connectivity index (χ4v) is 1.96. The van der Waals surface area contributed by atoms with E-state index in [4.69, 9.17) is 4.78 Å². The highest BCUT2D eigenvalue weighted by molar-refractivity contribution is 7.94. The SMILES string of the molecule is N=S1(=O)[CH]CCC1. The van der Waals surface area contributed by atoms with Crippen molar-refractivity contribution in [3.63, 3.8) is 0 Å². The van der Waals surface area contributed by atoms with Crippen LogP contribution in [0.15, 0.2) is 0 Å². The van der Waals surface area contributed by atoms with E-state index in [1.165, 1.54) is 0 Å². The molecule has 0 aliphatic carbocycles. The Kier molecular flexibility index (Phi) is 1.07. The Morgan fingerprint density at radius 2 is 2.43 bits per heavy atom. The highest BCUT2D eigenvalue weighted by Gasteiger charge is 2.12. The molecular weight excluding hydrogens is 110 g/mol. The molecule has 1 rings (SSSR count). The van der Waals surface area contributed by atoms with Crippen LogP contribution in [0.25, 0.3) is 0 Å². The van der Waals surface area contributed by atoms with E-state index in [0.29, 0.717) is 5.75 Å². The molecule has 0 aromatic heterocycles. The van der Waals surface area contributed by atoms with Gasteiger partial charge in [0.15, 0.2) is 0 Å². The Hall–Kier alpha value is -0.0500. The van der Waals surface area contributed by atoms with Crippen molar-refractivity contribution in [1.82, 2.24) is 0 Å². The fraction of sp³-hybridized carbons (Fsp3) is 0.750. The smallest absolute Gasteiger partial charge is 0.0580 e. The summed E-state index contributed by atoms with van der Waals surface area (Å²) in [6, 6.07) is 0. The Bertz CT molecular complexity index is 135. The Morgan fingerprint density at radius 1 is 1.71 bits per heavy atom. The minimum absolute atomic E-state index is 0.590. The van der Waals surface area contributed by atoms with Crippen molar-refractivity contribution < 1.29 is 4.21 Å². The summed E-state index contributed by atoms with van der Waals surface area (Å²) in [5.74, 6) is 2.21. The third-order valence-corrected chi connectivity index (χ3v) is 2.71. The van der Waals surface area contributed by atoms with Gasteiger partial charge in [0.05, 0.1) is 5.75 Å². The van der Waals surface area contributed by atoms with Gasteiger partial charge in [-0.1, -0.05) is 0 Å². The van der Waals surface area contributed by atoms with Gasteiger partial charge in [-0.2, -0.15) is 0 Å². The van der Waals surface area contributed by atoms with Gasteiger partial charge < -0.3 is 0 Å². The van der Waals surface area contributed by atoms with Gasteiger partial charge in [-0.05, 0) is 12.8 Å². The minimum Gasteiger partial charge on any atom is -0.253 e. The van der Waals surface area contributed by atoms with Crippen LogP contribution < -0.4 is 0 Å². The molecular formula is C4H8NOS. The van der Waals surface area contributed by atoms with Gasteiger partial charge in [0, 0.05) is 15.5 Å². The lowest BCUT2D eigenvalue weighted by atomic mass is 10.4. The first kappa shape index (κ1) is 5.09. The molecule has 1 saturated heterocycles. The summed E-state index contributed by atoms with van der Waals surface area (Å²) in [6.07, 6.45) is 1.82. The molecule has 1 atom stereocenters. The van der Waals surface area contributed by atoms with E-state index in [-0.39, 0.29) is 0 Å². The number of nitrogens with one attached hydrogen (secondary N) is 1. The van der Waals surface area contributed by atoms with Crippen molar-refractivity contribution in [2.45, 2.75) is 12.8 Å². The summed E-state index contributed by atoms with van der Waals surface area (Å²) < 4.78 is 17.6. The normalized spacial score (nSPS) is 28.0. The topological polar surface area (TPSA) is 40.9 Å². The molecule has 41 valence electrons. The van der Waals surface area contributed by atoms with Crippen LogP contribution in [-0.4, -0.2) is 9.96 Å². The average molecular weight is 118 g/mol. The molecule has 0 amide bonds. The average Bonchev–Trinajstić information content (AvgIpc) is 1.84. The number of hydrogen-bond acceptors (Lipinski definition) is 2. The van der Waals surface area contributed by atoms with Crippen molar-refractivity contribution in [2.75, 3.05) is 5.75 Å². The molecule has 2 nitrogen and oxygen atoms in total. The second-order valence-corrected chi connectivity index (χ2v) is 3.93. The van der Waals surface area contributed by atoms with Crippen molar-refractivity contribution in [3.8, 4) is 0 Å². The molecule has 7 heavy (non-hydrogen) atoms. The first-order valence-corrected chi connectivity index (χ1v) is 4.09. The van der Waals surface area contributed by atoms with Crippen LogP contribution in [0.5, 0.6) is 0 Å². The molecule has 0 bridgehead atoms. The van der Waals surface area contributed by atoms with Crippen molar-refractivity contribution >= 4 is 9.73 Å². The third kappa shape index (κ3) is 1.16. The van der Waals surface area contributed by atoms with E-state index < -0.39 is 9.73 Å². The zero-order valence-corrected chi connectivity index (χ0v) is 4.83. The highest BCUT2D eigenvalue weighted by atomic mass is 32.2. The molecule has 1 N–H and O–H groups in total. The Balaban J connectivity index is 2.76. The maximum atomic E-state index is 10.6. The third-order valence-electron chi connectivity index (χ3n) is 1.04. The summed E-state index contributed by atoms with van der Waals surface area (Å²) in [7, 11) is -2.17. The summed E-state index contributed by atoms with van der Waals surface area (Å²) in [4.78, 5) is 0. The summed E-state index contributed by atoms with van der Waals surface area (Å²) >= 11 is 0. The predicted molar refractivity (Wildman–Crippen MR) is 29.3 cm³/mol. The molecule has 3 heteroatoms. The molecule has 1 heterocycles. The van der Waals surface area contributed by atoms with Crippen LogP contribution in [0.3, 0.4) is 0 Å². The van der Waals surface area contributed by atoms with Crippen LogP contribution in [0, 0.1) is 10.5 Å². The maximum absolute atomic E-state index is 10.6. The van der Waals surface area contributed by atoms with Gasteiger partial charge in [-0.25, -0.2) is 4.21 Å². The van der Waals surface area contributed by atoms with Gasteiger partial charge in [-0.15, -0.1) is 0 Å². The number of rotatable bonds is 0. The monoisotopic (exact) mass is 118 g/mol.